The molecule has 0 amide bonds. The molecule has 0 spiro atoms. The summed E-state index contributed by atoms with van der Waals surface area (Å²) >= 11 is 1.65. The number of nitrogens with zero attached hydrogens (tertiary/aromatic N) is 1. The van der Waals surface area contributed by atoms with Gasteiger partial charge in [-0.05, 0) is 44.0 Å². The Kier molecular flexibility index (Phi) is 5.84. The third-order valence-corrected chi connectivity index (χ3v) is 5.10. The predicted molar refractivity (Wildman–Crippen MR) is 104 cm³/mol. The van der Waals surface area contributed by atoms with Crippen molar-refractivity contribution in [1.29, 1.82) is 0 Å². The van der Waals surface area contributed by atoms with Crippen molar-refractivity contribution < 1.29 is 4.74 Å². The number of ether oxygens (including phenoxy) is 1. The van der Waals surface area contributed by atoms with E-state index in [-0.39, 0.29) is 0 Å². The van der Waals surface area contributed by atoms with Crippen LogP contribution in [0.15, 0.2) is 53.9 Å². The highest BCUT2D eigenvalue weighted by molar-refractivity contribution is 7.09. The maximum Gasteiger partial charge on any atom is 0.140 e. The topological polar surface area (TPSA) is 34.1 Å². The van der Waals surface area contributed by atoms with Gasteiger partial charge in [-0.25, -0.2) is 4.98 Å². The molecule has 0 radical (unpaired) electrons. The predicted octanol–water partition coefficient (Wildman–Crippen LogP) is 5.19. The van der Waals surface area contributed by atoms with Gasteiger partial charge in [0.15, 0.2) is 0 Å². The Bertz CT molecular complexity index is 811. The van der Waals surface area contributed by atoms with E-state index < -0.39 is 0 Å². The van der Waals surface area contributed by atoms with Crippen LogP contribution in [0.5, 0.6) is 5.75 Å². The van der Waals surface area contributed by atoms with Crippen LogP contribution in [0.3, 0.4) is 0 Å². The summed E-state index contributed by atoms with van der Waals surface area (Å²) < 4.78 is 5.80. The van der Waals surface area contributed by atoms with Gasteiger partial charge in [0, 0.05) is 18.0 Å². The van der Waals surface area contributed by atoms with E-state index in [2.05, 4.69) is 72.9 Å². The first-order valence-electron chi connectivity index (χ1n) is 8.53. The summed E-state index contributed by atoms with van der Waals surface area (Å²) in [7, 11) is 0. The van der Waals surface area contributed by atoms with Gasteiger partial charge in [0.1, 0.15) is 17.4 Å². The van der Waals surface area contributed by atoms with Crippen molar-refractivity contribution in [3.05, 3.63) is 81.3 Å². The number of hydrogen-bond donors (Lipinski definition) is 1. The molecule has 2 aromatic carbocycles. The van der Waals surface area contributed by atoms with E-state index in [1.165, 1.54) is 16.7 Å². The van der Waals surface area contributed by atoms with E-state index in [4.69, 9.17) is 4.74 Å². The summed E-state index contributed by atoms with van der Waals surface area (Å²) in [5.74, 6) is 0.883. The van der Waals surface area contributed by atoms with Gasteiger partial charge >= 0.3 is 0 Å². The molecule has 0 bridgehead atoms. The molecule has 1 aromatic heterocycles. The first-order chi connectivity index (χ1) is 12.1. The smallest absolute Gasteiger partial charge is 0.140 e. The van der Waals surface area contributed by atoms with Gasteiger partial charge < -0.3 is 10.1 Å². The zero-order valence-electron chi connectivity index (χ0n) is 15.0. The van der Waals surface area contributed by atoms with Crippen LogP contribution in [0, 0.1) is 13.8 Å². The number of aromatic nitrogens is 1. The zero-order valence-corrected chi connectivity index (χ0v) is 15.8. The second-order valence-corrected chi connectivity index (χ2v) is 7.24. The summed E-state index contributed by atoms with van der Waals surface area (Å²) in [6, 6.07) is 16.9. The first-order valence-corrected chi connectivity index (χ1v) is 9.41. The Morgan fingerprint density at radius 2 is 1.84 bits per heavy atom. The van der Waals surface area contributed by atoms with E-state index in [9.17, 15) is 0 Å². The van der Waals surface area contributed by atoms with Gasteiger partial charge in [-0.2, -0.15) is 0 Å². The third kappa shape index (κ3) is 4.91. The molecule has 4 heteroatoms. The molecule has 0 saturated carbocycles. The maximum atomic E-state index is 5.80. The van der Waals surface area contributed by atoms with Crippen LogP contribution < -0.4 is 10.1 Å². The normalized spacial score (nSPS) is 12.1. The first kappa shape index (κ1) is 17.6. The highest BCUT2D eigenvalue weighted by Gasteiger charge is 2.09. The lowest BCUT2D eigenvalue weighted by molar-refractivity contribution is 0.305. The van der Waals surface area contributed by atoms with Crippen molar-refractivity contribution in [2.24, 2.45) is 0 Å². The van der Waals surface area contributed by atoms with Crippen molar-refractivity contribution in [1.82, 2.24) is 10.3 Å². The number of hydrogen-bond acceptors (Lipinski definition) is 4. The van der Waals surface area contributed by atoms with E-state index in [1.807, 2.05) is 12.1 Å². The Labute approximate surface area is 153 Å². The van der Waals surface area contributed by atoms with Crippen LogP contribution in [0.2, 0.25) is 0 Å². The molecular formula is C21H24N2OS. The van der Waals surface area contributed by atoms with Crippen LogP contribution in [0.25, 0.3) is 0 Å². The highest BCUT2D eigenvalue weighted by atomic mass is 32.1. The monoisotopic (exact) mass is 352 g/mol. The quantitative estimate of drug-likeness (QED) is 0.635. The summed E-state index contributed by atoms with van der Waals surface area (Å²) in [6.07, 6.45) is 0. The fourth-order valence-corrected chi connectivity index (χ4v) is 3.42. The van der Waals surface area contributed by atoms with Gasteiger partial charge in [-0.1, -0.05) is 42.0 Å². The number of benzene rings is 2. The van der Waals surface area contributed by atoms with Crippen LogP contribution in [-0.4, -0.2) is 4.98 Å². The molecule has 25 heavy (non-hydrogen) atoms. The number of rotatable bonds is 7. The molecule has 1 heterocycles. The Hall–Kier alpha value is -2.17. The minimum atomic E-state index is 0.301. The Morgan fingerprint density at radius 1 is 1.08 bits per heavy atom. The van der Waals surface area contributed by atoms with E-state index in [1.54, 1.807) is 11.3 Å². The lowest BCUT2D eigenvalue weighted by atomic mass is 10.0. The summed E-state index contributed by atoms with van der Waals surface area (Å²) in [6.45, 7) is 7.69. The van der Waals surface area contributed by atoms with Gasteiger partial charge in [0.25, 0.3) is 0 Å². The minimum Gasteiger partial charge on any atom is -0.486 e. The molecule has 1 N–H and O–H groups in total. The SMILES string of the molecule is Cc1ccc(OCc2nc(CNC(C)c3ccccc3C)cs2)cc1. The molecule has 0 saturated heterocycles. The van der Waals surface area contributed by atoms with Crippen molar-refractivity contribution in [2.45, 2.75) is 40.0 Å². The van der Waals surface area contributed by atoms with Crippen molar-refractivity contribution in [3.63, 3.8) is 0 Å². The average Bonchev–Trinajstić information content (AvgIpc) is 3.07. The van der Waals surface area contributed by atoms with Gasteiger partial charge in [0.2, 0.25) is 0 Å². The van der Waals surface area contributed by atoms with Crippen LogP contribution in [0.1, 0.15) is 40.4 Å². The fraction of sp³-hybridized carbons (Fsp3) is 0.286. The standard InChI is InChI=1S/C21H24N2OS/c1-15-8-10-19(11-9-15)24-13-21-23-18(14-25-21)12-22-17(3)20-7-5-4-6-16(20)2/h4-11,14,17,22H,12-13H2,1-3H3. The molecule has 0 aliphatic heterocycles. The van der Waals surface area contributed by atoms with Gasteiger partial charge in [0.05, 0.1) is 5.69 Å². The summed E-state index contributed by atoms with van der Waals surface area (Å²) in [4.78, 5) is 4.66. The van der Waals surface area contributed by atoms with Crippen LogP contribution in [-0.2, 0) is 13.2 Å². The number of nitrogens with one attached hydrogen (secondary N) is 1. The highest BCUT2D eigenvalue weighted by Crippen LogP contribution is 2.19. The fourth-order valence-electron chi connectivity index (χ4n) is 2.72. The zero-order chi connectivity index (χ0) is 17.6. The van der Waals surface area contributed by atoms with Crippen molar-refractivity contribution in [2.75, 3.05) is 0 Å². The summed E-state index contributed by atoms with van der Waals surface area (Å²) in [5.41, 5.74) is 4.94. The molecule has 3 aromatic rings. The molecule has 1 atom stereocenters. The molecule has 130 valence electrons. The largest absolute Gasteiger partial charge is 0.486 e. The molecule has 0 aliphatic rings. The Balaban J connectivity index is 1.51. The maximum absolute atomic E-state index is 5.80. The van der Waals surface area contributed by atoms with E-state index in [0.29, 0.717) is 12.6 Å². The Morgan fingerprint density at radius 3 is 2.60 bits per heavy atom. The number of thiazole rings is 1. The second kappa shape index (κ2) is 8.28. The van der Waals surface area contributed by atoms with Crippen molar-refractivity contribution in [3.8, 4) is 5.75 Å². The van der Waals surface area contributed by atoms with E-state index in [0.717, 1.165) is 23.0 Å². The molecule has 0 aliphatic carbocycles. The minimum absolute atomic E-state index is 0.301. The lowest BCUT2D eigenvalue weighted by Crippen LogP contribution is -2.19. The molecular weight excluding hydrogens is 328 g/mol. The lowest BCUT2D eigenvalue weighted by Gasteiger charge is -2.15. The molecule has 1 unspecified atom stereocenters. The van der Waals surface area contributed by atoms with E-state index >= 15 is 0 Å². The molecule has 3 rings (SSSR count). The van der Waals surface area contributed by atoms with Crippen LogP contribution in [0.4, 0.5) is 0 Å². The molecule has 3 nitrogen and oxygen atoms in total. The second-order valence-electron chi connectivity index (χ2n) is 6.29. The van der Waals surface area contributed by atoms with Gasteiger partial charge in [-0.3, -0.25) is 0 Å². The van der Waals surface area contributed by atoms with Crippen LogP contribution >= 0.6 is 11.3 Å². The summed E-state index contributed by atoms with van der Waals surface area (Å²) in [5, 5.41) is 6.66. The average molecular weight is 353 g/mol. The number of aryl methyl sites for hydroxylation is 2. The van der Waals surface area contributed by atoms with Crippen molar-refractivity contribution >= 4 is 11.3 Å². The third-order valence-electron chi connectivity index (χ3n) is 4.23. The molecule has 0 fully saturated rings. The van der Waals surface area contributed by atoms with Gasteiger partial charge in [-0.15, -0.1) is 11.3 Å².